The van der Waals surface area contributed by atoms with Crippen molar-refractivity contribution in [2.24, 2.45) is 0 Å². The summed E-state index contributed by atoms with van der Waals surface area (Å²) in [5.41, 5.74) is 0.759. The van der Waals surface area contributed by atoms with Crippen molar-refractivity contribution in [2.75, 3.05) is 20.3 Å². The van der Waals surface area contributed by atoms with Crippen LogP contribution in [0.15, 0.2) is 45.6 Å². The number of allylic oxidation sites excluding steroid dienone is 4. The zero-order chi connectivity index (χ0) is 16.2. The molecule has 0 saturated carbocycles. The molecular formula is C18H17FO4. The molecule has 1 aromatic heterocycles. The molecule has 0 radical (unpaired) electrons. The molecule has 0 unspecified atom stereocenters. The minimum atomic E-state index is -0.515. The second kappa shape index (κ2) is 6.79. The maximum absolute atomic E-state index is 13.8. The summed E-state index contributed by atoms with van der Waals surface area (Å²) in [5, 5.41) is 0.242. The smallest absolute Gasteiger partial charge is 0.197 e. The number of hydrogen-bond donors (Lipinski definition) is 0. The van der Waals surface area contributed by atoms with E-state index in [1.165, 1.54) is 18.2 Å². The second-order valence-electron chi connectivity index (χ2n) is 5.23. The maximum Gasteiger partial charge on any atom is 0.197 e. The van der Waals surface area contributed by atoms with Gasteiger partial charge in [-0.25, -0.2) is 4.39 Å². The molecule has 0 amide bonds. The highest BCUT2D eigenvalue weighted by Gasteiger charge is 2.14. The van der Waals surface area contributed by atoms with E-state index in [2.05, 4.69) is 0 Å². The standard InChI is InChI=1S/C18H17FO4/c1-21-7-8-22-16-9-13(19)10-17-18(16)14(20)11-15(23-17)12-5-3-2-4-6-12/h3,5-6,9-11H,2,4,7-8H2,1H3. The predicted molar refractivity (Wildman–Crippen MR) is 86.2 cm³/mol. The lowest BCUT2D eigenvalue weighted by molar-refractivity contribution is 0.147. The summed E-state index contributed by atoms with van der Waals surface area (Å²) in [6, 6.07) is 3.82. The van der Waals surface area contributed by atoms with Gasteiger partial charge in [0.25, 0.3) is 0 Å². The number of halogens is 1. The average molecular weight is 316 g/mol. The van der Waals surface area contributed by atoms with Crippen molar-refractivity contribution in [1.82, 2.24) is 0 Å². The van der Waals surface area contributed by atoms with Crippen LogP contribution in [0.2, 0.25) is 0 Å². The summed E-state index contributed by atoms with van der Waals surface area (Å²) in [6.45, 7) is 0.573. The Kier molecular flexibility index (Phi) is 4.57. The first kappa shape index (κ1) is 15.5. The van der Waals surface area contributed by atoms with Gasteiger partial charge in [-0.1, -0.05) is 18.2 Å². The van der Waals surface area contributed by atoms with Crippen LogP contribution in [0.5, 0.6) is 5.75 Å². The van der Waals surface area contributed by atoms with Crippen molar-refractivity contribution < 1.29 is 18.3 Å². The summed E-state index contributed by atoms with van der Waals surface area (Å²) < 4.78 is 29.9. The maximum atomic E-state index is 13.8. The van der Waals surface area contributed by atoms with Crippen LogP contribution in [0.25, 0.3) is 16.5 Å². The van der Waals surface area contributed by atoms with Crippen molar-refractivity contribution in [3.63, 3.8) is 0 Å². The van der Waals surface area contributed by atoms with Crippen LogP contribution in [-0.2, 0) is 4.74 Å². The number of fused-ring (bicyclic) bond motifs is 1. The zero-order valence-electron chi connectivity index (χ0n) is 12.8. The molecule has 2 aromatic rings. The summed E-state index contributed by atoms with van der Waals surface area (Å²) in [5.74, 6) is 0.0933. The van der Waals surface area contributed by atoms with Gasteiger partial charge in [-0.3, -0.25) is 4.79 Å². The minimum Gasteiger partial charge on any atom is -0.490 e. The van der Waals surface area contributed by atoms with Crippen molar-refractivity contribution in [3.05, 3.63) is 58.2 Å². The van der Waals surface area contributed by atoms with Crippen molar-refractivity contribution >= 4 is 16.5 Å². The molecule has 5 heteroatoms. The molecule has 1 aromatic carbocycles. The zero-order valence-corrected chi connectivity index (χ0v) is 12.8. The predicted octanol–water partition coefficient (Wildman–Crippen LogP) is 3.69. The van der Waals surface area contributed by atoms with E-state index < -0.39 is 5.82 Å². The first-order valence-corrected chi connectivity index (χ1v) is 7.45. The van der Waals surface area contributed by atoms with Gasteiger partial charge in [-0.15, -0.1) is 0 Å². The summed E-state index contributed by atoms with van der Waals surface area (Å²) in [7, 11) is 1.54. The highest BCUT2D eigenvalue weighted by atomic mass is 19.1. The third-order valence-electron chi connectivity index (χ3n) is 3.58. The van der Waals surface area contributed by atoms with Gasteiger partial charge >= 0.3 is 0 Å². The summed E-state index contributed by atoms with van der Waals surface area (Å²) >= 11 is 0. The Bertz CT molecular complexity index is 833. The topological polar surface area (TPSA) is 48.7 Å². The molecule has 0 aliphatic heterocycles. The molecule has 0 atom stereocenters. The van der Waals surface area contributed by atoms with Gasteiger partial charge in [0, 0.05) is 30.9 Å². The molecule has 0 N–H and O–H groups in total. The van der Waals surface area contributed by atoms with Crippen LogP contribution in [-0.4, -0.2) is 20.3 Å². The summed E-state index contributed by atoms with van der Waals surface area (Å²) in [4.78, 5) is 12.5. The molecule has 0 saturated heterocycles. The molecule has 0 spiro atoms. The number of benzene rings is 1. The Morgan fingerprint density at radius 1 is 1.22 bits per heavy atom. The lowest BCUT2D eigenvalue weighted by Crippen LogP contribution is -2.09. The SMILES string of the molecule is COCCOc1cc(F)cc2oc(C3=CCCC=C3)cc(=O)c12. The van der Waals surface area contributed by atoms with E-state index in [-0.39, 0.29) is 28.8 Å². The molecule has 4 nitrogen and oxygen atoms in total. The van der Waals surface area contributed by atoms with Crippen LogP contribution in [0.4, 0.5) is 4.39 Å². The van der Waals surface area contributed by atoms with E-state index in [1.807, 2.05) is 18.2 Å². The average Bonchev–Trinajstić information content (AvgIpc) is 2.55. The Labute approximate surface area is 132 Å². The molecule has 0 bridgehead atoms. The van der Waals surface area contributed by atoms with E-state index in [4.69, 9.17) is 13.9 Å². The number of hydrogen-bond acceptors (Lipinski definition) is 4. The first-order chi connectivity index (χ1) is 11.2. The van der Waals surface area contributed by atoms with Crippen LogP contribution in [0.3, 0.4) is 0 Å². The quantitative estimate of drug-likeness (QED) is 0.789. The fraction of sp³-hybridized carbons (Fsp3) is 0.278. The van der Waals surface area contributed by atoms with Gasteiger partial charge < -0.3 is 13.9 Å². The Morgan fingerprint density at radius 2 is 2.09 bits per heavy atom. The van der Waals surface area contributed by atoms with Crippen LogP contribution in [0.1, 0.15) is 18.6 Å². The van der Waals surface area contributed by atoms with Crippen molar-refractivity contribution in [3.8, 4) is 5.75 Å². The fourth-order valence-corrected chi connectivity index (χ4v) is 2.51. The second-order valence-corrected chi connectivity index (χ2v) is 5.23. The molecule has 3 rings (SSSR count). The molecule has 1 aliphatic carbocycles. The van der Waals surface area contributed by atoms with Gasteiger partial charge in [0.1, 0.15) is 34.9 Å². The third-order valence-corrected chi connectivity index (χ3v) is 3.58. The molecule has 1 heterocycles. The van der Waals surface area contributed by atoms with Crippen LogP contribution in [0, 0.1) is 5.82 Å². The van der Waals surface area contributed by atoms with Crippen molar-refractivity contribution in [2.45, 2.75) is 12.8 Å². The lowest BCUT2D eigenvalue weighted by atomic mass is 10.0. The number of methoxy groups -OCH3 is 1. The van der Waals surface area contributed by atoms with E-state index >= 15 is 0 Å². The van der Waals surface area contributed by atoms with Gasteiger partial charge in [0.05, 0.1) is 6.61 Å². The Morgan fingerprint density at radius 3 is 2.83 bits per heavy atom. The highest BCUT2D eigenvalue weighted by molar-refractivity contribution is 5.85. The Balaban J connectivity index is 2.08. The molecule has 0 fully saturated rings. The third kappa shape index (κ3) is 3.35. The van der Waals surface area contributed by atoms with E-state index in [0.29, 0.717) is 12.4 Å². The van der Waals surface area contributed by atoms with Gasteiger partial charge in [-0.05, 0) is 12.8 Å². The van der Waals surface area contributed by atoms with Crippen LogP contribution >= 0.6 is 0 Å². The fourth-order valence-electron chi connectivity index (χ4n) is 2.51. The molecule has 120 valence electrons. The molecular weight excluding hydrogens is 299 g/mol. The monoisotopic (exact) mass is 316 g/mol. The van der Waals surface area contributed by atoms with Gasteiger partial charge in [0.15, 0.2) is 5.43 Å². The van der Waals surface area contributed by atoms with Crippen molar-refractivity contribution in [1.29, 1.82) is 0 Å². The van der Waals surface area contributed by atoms with Gasteiger partial charge in [-0.2, -0.15) is 0 Å². The normalized spacial score (nSPS) is 14.1. The number of ether oxygens (including phenoxy) is 2. The van der Waals surface area contributed by atoms with E-state index in [0.717, 1.165) is 18.4 Å². The highest BCUT2D eigenvalue weighted by Crippen LogP contribution is 2.28. The first-order valence-electron chi connectivity index (χ1n) is 7.45. The minimum absolute atomic E-state index is 0.172. The van der Waals surface area contributed by atoms with Crippen LogP contribution < -0.4 is 10.2 Å². The van der Waals surface area contributed by atoms with E-state index in [1.54, 1.807) is 7.11 Å². The van der Waals surface area contributed by atoms with E-state index in [9.17, 15) is 9.18 Å². The largest absolute Gasteiger partial charge is 0.490 e. The molecule has 1 aliphatic rings. The summed E-state index contributed by atoms with van der Waals surface area (Å²) in [6.07, 6.45) is 7.78. The molecule has 23 heavy (non-hydrogen) atoms. The number of rotatable bonds is 5. The Hall–Kier alpha value is -2.40. The lowest BCUT2D eigenvalue weighted by Gasteiger charge is -2.11. The van der Waals surface area contributed by atoms with Gasteiger partial charge in [0.2, 0.25) is 0 Å².